The predicted molar refractivity (Wildman–Crippen MR) is 48.9 cm³/mol. The van der Waals surface area contributed by atoms with Crippen LogP contribution in [0.4, 0.5) is 0 Å². The Morgan fingerprint density at radius 3 is 2.08 bits per heavy atom. The number of hydrogen-bond acceptors (Lipinski definition) is 3. The number of carbonyl (C=O) groups excluding carboxylic acids is 2. The molecule has 1 aliphatic rings. The molecule has 0 radical (unpaired) electrons. The fourth-order valence-electron chi connectivity index (χ4n) is 1.70. The minimum atomic E-state index is -0.0671. The molecular weight excluding hydrogens is 168 g/mol. The molecule has 1 rings (SSSR count). The number of carbonyl (C=O) groups is 2. The summed E-state index contributed by atoms with van der Waals surface area (Å²) in [5, 5.41) is 0. The maximum absolute atomic E-state index is 11.4. The van der Waals surface area contributed by atoms with Crippen LogP contribution in [-0.2, 0) is 9.59 Å². The van der Waals surface area contributed by atoms with Gasteiger partial charge in [-0.3, -0.25) is 19.4 Å². The Kier molecular flexibility index (Phi) is 3.03. The van der Waals surface area contributed by atoms with Crippen molar-refractivity contribution in [1.82, 2.24) is 9.80 Å². The molecule has 1 aliphatic heterocycles. The van der Waals surface area contributed by atoms with Crippen molar-refractivity contribution in [3.8, 4) is 0 Å². The molecule has 0 aromatic heterocycles. The van der Waals surface area contributed by atoms with Gasteiger partial charge in [-0.15, -0.1) is 0 Å². The van der Waals surface area contributed by atoms with Crippen LogP contribution in [0.5, 0.6) is 0 Å². The summed E-state index contributed by atoms with van der Waals surface area (Å²) in [6.45, 7) is 1.98. The van der Waals surface area contributed by atoms with Crippen LogP contribution in [0.1, 0.15) is 26.2 Å². The molecule has 0 bridgehead atoms. The summed E-state index contributed by atoms with van der Waals surface area (Å²) in [7, 11) is 3.76. The zero-order valence-corrected chi connectivity index (χ0v) is 8.41. The van der Waals surface area contributed by atoms with E-state index in [1.54, 1.807) is 0 Å². The molecule has 1 unspecified atom stereocenters. The van der Waals surface area contributed by atoms with Crippen molar-refractivity contribution in [3.63, 3.8) is 0 Å². The van der Waals surface area contributed by atoms with Gasteiger partial charge in [-0.2, -0.15) is 0 Å². The summed E-state index contributed by atoms with van der Waals surface area (Å²) in [6, 6.07) is 0. The lowest BCUT2D eigenvalue weighted by Crippen LogP contribution is -2.47. The van der Waals surface area contributed by atoms with Crippen molar-refractivity contribution in [2.45, 2.75) is 32.4 Å². The molecule has 2 amide bonds. The number of amides is 2. The second-order valence-electron chi connectivity index (χ2n) is 3.51. The number of nitrogens with zero attached hydrogens (tertiary/aromatic N) is 2. The van der Waals surface area contributed by atoms with Gasteiger partial charge in [-0.1, -0.05) is 6.92 Å². The highest BCUT2D eigenvalue weighted by Crippen LogP contribution is 2.18. The molecule has 1 saturated heterocycles. The normalized spacial score (nSPS) is 20.2. The molecule has 1 heterocycles. The summed E-state index contributed by atoms with van der Waals surface area (Å²) in [5.74, 6) is -0.0731. The lowest BCUT2D eigenvalue weighted by molar-refractivity contribution is -0.144. The third kappa shape index (κ3) is 1.88. The van der Waals surface area contributed by atoms with E-state index in [1.807, 2.05) is 25.9 Å². The van der Waals surface area contributed by atoms with Gasteiger partial charge in [0.05, 0.1) is 6.17 Å². The van der Waals surface area contributed by atoms with Gasteiger partial charge in [0, 0.05) is 12.8 Å². The lowest BCUT2D eigenvalue weighted by Gasteiger charge is -2.30. The van der Waals surface area contributed by atoms with E-state index < -0.39 is 0 Å². The average molecular weight is 184 g/mol. The number of rotatable bonds is 3. The van der Waals surface area contributed by atoms with Crippen molar-refractivity contribution in [1.29, 1.82) is 0 Å². The fourth-order valence-corrected chi connectivity index (χ4v) is 1.70. The summed E-state index contributed by atoms with van der Waals surface area (Å²) in [4.78, 5) is 26.0. The van der Waals surface area contributed by atoms with E-state index >= 15 is 0 Å². The van der Waals surface area contributed by atoms with E-state index in [0.717, 1.165) is 6.42 Å². The van der Waals surface area contributed by atoms with Crippen LogP contribution in [0, 0.1) is 0 Å². The highest BCUT2D eigenvalue weighted by atomic mass is 16.2. The van der Waals surface area contributed by atoms with Gasteiger partial charge in [0.25, 0.3) is 0 Å². The Bertz CT molecular complexity index is 210. The zero-order chi connectivity index (χ0) is 10.0. The average Bonchev–Trinajstić information content (AvgIpc) is 2.36. The summed E-state index contributed by atoms with van der Waals surface area (Å²) in [6.07, 6.45) is 1.47. The predicted octanol–water partition coefficient (Wildman–Crippen LogP) is 0.433. The molecule has 1 fully saturated rings. The number of imide groups is 1. The highest BCUT2D eigenvalue weighted by Gasteiger charge is 2.34. The van der Waals surface area contributed by atoms with Gasteiger partial charge in [0.15, 0.2) is 0 Å². The van der Waals surface area contributed by atoms with E-state index in [-0.39, 0.29) is 18.0 Å². The molecule has 0 aromatic rings. The Hall–Kier alpha value is -0.900. The first kappa shape index (κ1) is 10.2. The Balaban J connectivity index is 2.77. The zero-order valence-electron chi connectivity index (χ0n) is 8.41. The van der Waals surface area contributed by atoms with Crippen molar-refractivity contribution >= 4 is 11.8 Å². The molecule has 4 nitrogen and oxygen atoms in total. The molecule has 4 heteroatoms. The minimum Gasteiger partial charge on any atom is -0.289 e. The topological polar surface area (TPSA) is 40.6 Å². The Morgan fingerprint density at radius 1 is 1.31 bits per heavy atom. The molecular formula is C9H16N2O2. The van der Waals surface area contributed by atoms with Crippen molar-refractivity contribution in [2.75, 3.05) is 14.1 Å². The quantitative estimate of drug-likeness (QED) is 0.597. The highest BCUT2D eigenvalue weighted by molar-refractivity contribution is 6.02. The SMILES string of the molecule is CCC(N(C)C)N1C(=O)CCC1=O. The molecule has 13 heavy (non-hydrogen) atoms. The van der Waals surface area contributed by atoms with Crippen LogP contribution >= 0.6 is 0 Å². The smallest absolute Gasteiger partial charge is 0.231 e. The first-order valence-corrected chi connectivity index (χ1v) is 4.59. The maximum Gasteiger partial charge on any atom is 0.231 e. The monoisotopic (exact) mass is 184 g/mol. The second-order valence-corrected chi connectivity index (χ2v) is 3.51. The molecule has 0 N–H and O–H groups in total. The van der Waals surface area contributed by atoms with Crippen molar-refractivity contribution in [3.05, 3.63) is 0 Å². The lowest BCUT2D eigenvalue weighted by atomic mass is 10.3. The van der Waals surface area contributed by atoms with Crippen LogP contribution in [-0.4, -0.2) is 41.9 Å². The third-order valence-electron chi connectivity index (χ3n) is 2.35. The molecule has 0 saturated carbocycles. The van der Waals surface area contributed by atoms with Gasteiger partial charge < -0.3 is 0 Å². The van der Waals surface area contributed by atoms with Gasteiger partial charge >= 0.3 is 0 Å². The van der Waals surface area contributed by atoms with E-state index in [9.17, 15) is 9.59 Å². The molecule has 0 spiro atoms. The van der Waals surface area contributed by atoms with E-state index in [1.165, 1.54) is 4.90 Å². The van der Waals surface area contributed by atoms with Gasteiger partial charge in [0.2, 0.25) is 11.8 Å². The maximum atomic E-state index is 11.4. The molecule has 1 atom stereocenters. The molecule has 0 aromatic carbocycles. The van der Waals surface area contributed by atoms with Gasteiger partial charge in [-0.25, -0.2) is 0 Å². The Labute approximate surface area is 78.5 Å². The van der Waals surface area contributed by atoms with E-state index in [4.69, 9.17) is 0 Å². The largest absolute Gasteiger partial charge is 0.289 e. The van der Waals surface area contributed by atoms with Crippen LogP contribution in [0.2, 0.25) is 0 Å². The first-order chi connectivity index (χ1) is 6.07. The number of likely N-dealkylation sites (tertiary alicyclic amines) is 1. The van der Waals surface area contributed by atoms with Crippen molar-refractivity contribution in [2.24, 2.45) is 0 Å². The number of hydrogen-bond donors (Lipinski definition) is 0. The van der Waals surface area contributed by atoms with E-state index in [2.05, 4.69) is 0 Å². The van der Waals surface area contributed by atoms with Crippen molar-refractivity contribution < 1.29 is 9.59 Å². The summed E-state index contributed by atoms with van der Waals surface area (Å²) >= 11 is 0. The van der Waals surface area contributed by atoms with Gasteiger partial charge in [-0.05, 0) is 20.5 Å². The molecule has 74 valence electrons. The van der Waals surface area contributed by atoms with Crippen LogP contribution in [0.3, 0.4) is 0 Å². The van der Waals surface area contributed by atoms with Crippen LogP contribution in [0.25, 0.3) is 0 Å². The summed E-state index contributed by atoms with van der Waals surface area (Å²) < 4.78 is 0. The fraction of sp³-hybridized carbons (Fsp3) is 0.778. The molecule has 0 aliphatic carbocycles. The minimum absolute atomic E-state index is 0.0365. The third-order valence-corrected chi connectivity index (χ3v) is 2.35. The summed E-state index contributed by atoms with van der Waals surface area (Å²) in [5.41, 5.74) is 0. The standard InChI is InChI=1S/C9H16N2O2/c1-4-7(10(2)3)11-8(12)5-6-9(11)13/h7H,4-6H2,1-3H3. The van der Waals surface area contributed by atoms with Gasteiger partial charge in [0.1, 0.15) is 0 Å². The van der Waals surface area contributed by atoms with Crippen LogP contribution in [0.15, 0.2) is 0 Å². The first-order valence-electron chi connectivity index (χ1n) is 4.59. The second kappa shape index (κ2) is 3.87. The van der Waals surface area contributed by atoms with Crippen LogP contribution < -0.4 is 0 Å². The van der Waals surface area contributed by atoms with E-state index in [0.29, 0.717) is 12.8 Å². The Morgan fingerprint density at radius 2 is 1.77 bits per heavy atom.